The average Bonchev–Trinajstić information content (AvgIpc) is 3.23. The van der Waals surface area contributed by atoms with Gasteiger partial charge in [-0.2, -0.15) is 0 Å². The van der Waals surface area contributed by atoms with Crippen molar-refractivity contribution in [1.82, 2.24) is 4.90 Å². The summed E-state index contributed by atoms with van der Waals surface area (Å²) < 4.78 is 0. The number of carbonyl (C=O) groups excluding carboxylic acids is 4. The molecule has 0 aliphatic heterocycles. The number of anilines is 1. The van der Waals surface area contributed by atoms with Gasteiger partial charge in [0.25, 0.3) is 5.91 Å². The maximum atomic E-state index is 14.3. The first-order valence-electron chi connectivity index (χ1n) is 20.3. The predicted molar refractivity (Wildman–Crippen MR) is 233 cm³/mol. The van der Waals surface area contributed by atoms with Crippen LogP contribution in [0.15, 0.2) is 126 Å². The van der Waals surface area contributed by atoms with Crippen LogP contribution >= 0.6 is 7.26 Å². The van der Waals surface area contributed by atoms with Gasteiger partial charge in [0.1, 0.15) is 17.1 Å². The van der Waals surface area contributed by atoms with Crippen LogP contribution in [0.25, 0.3) is 0 Å². The zero-order valence-electron chi connectivity index (χ0n) is 33.8. The number of nitrogens with one attached hydrogen (secondary N) is 1. The zero-order chi connectivity index (χ0) is 43.1. The fourth-order valence-electron chi connectivity index (χ4n) is 10.1. The van der Waals surface area contributed by atoms with E-state index in [1.807, 2.05) is 18.2 Å². The van der Waals surface area contributed by atoms with Gasteiger partial charge in [-0.05, 0) is 20.0 Å². The number of fused-ring (bicyclic) bond motifs is 3. The van der Waals surface area contributed by atoms with Crippen molar-refractivity contribution in [1.29, 1.82) is 0 Å². The summed E-state index contributed by atoms with van der Waals surface area (Å²) in [7, 11) is 0.591. The summed E-state index contributed by atoms with van der Waals surface area (Å²) in [4.78, 5) is 54.9. The number of nitrogens with two attached hydrogens (primary N) is 1. The number of likely N-dealkylation sites (N-methyl/N-ethyl adjacent to an activating group) is 1. The first-order chi connectivity index (χ1) is 28.7. The second-order valence-corrected chi connectivity index (χ2v) is 20.5. The van der Waals surface area contributed by atoms with Crippen molar-refractivity contribution in [2.24, 2.45) is 17.6 Å². The number of rotatable bonds is 13. The Morgan fingerprint density at radius 3 is 1.85 bits per heavy atom. The Kier molecular flexibility index (Phi) is 11.9. The van der Waals surface area contributed by atoms with Crippen LogP contribution in [0.5, 0.6) is 5.75 Å². The molecule has 8 N–H and O–H groups in total. The van der Waals surface area contributed by atoms with Crippen molar-refractivity contribution < 1.29 is 44.7 Å². The molecule has 4 aromatic carbocycles. The van der Waals surface area contributed by atoms with Gasteiger partial charge in [-0.1, -0.05) is 6.92 Å². The van der Waals surface area contributed by atoms with E-state index in [1.54, 1.807) is 13.0 Å². The van der Waals surface area contributed by atoms with Gasteiger partial charge in [0, 0.05) is 11.5 Å². The number of Topliss-reactive ketones (excluding diaryl/α,β-unsaturated/α-hetero) is 2. The van der Waals surface area contributed by atoms with Crippen molar-refractivity contribution in [3.05, 3.63) is 137 Å². The topological polar surface area (TPSA) is 211 Å². The maximum absolute atomic E-state index is 14.3. The van der Waals surface area contributed by atoms with E-state index >= 15 is 0 Å². The molecule has 3 aliphatic rings. The van der Waals surface area contributed by atoms with Gasteiger partial charge in [-0.25, -0.2) is 0 Å². The number of amides is 2. The summed E-state index contributed by atoms with van der Waals surface area (Å²) in [5.41, 5.74) is 0.924. The molecule has 314 valence electrons. The molecule has 12 nitrogen and oxygen atoms in total. The zero-order valence-corrected chi connectivity index (χ0v) is 34.8. The SMILES string of the molecule is C[C@H]1c2ccc(NC(=O)CCCCCC[PH](c3ccccc3)(c3ccccc3)c3ccccc3)c(O)c2C(=O)C2=C(O)[C@]3(O)C(=O)C(C(N)=O)=C(O)[C@@H](N(C)C)[C@@H]3[C@@H](O)[C@@H]21. The summed E-state index contributed by atoms with van der Waals surface area (Å²) >= 11 is 0. The van der Waals surface area contributed by atoms with Crippen molar-refractivity contribution in [2.45, 2.75) is 62.7 Å². The molecule has 0 spiro atoms. The van der Waals surface area contributed by atoms with E-state index in [4.69, 9.17) is 5.73 Å². The number of unbranched alkanes of at least 4 members (excludes halogenated alkanes) is 3. The number of nitrogens with zero attached hydrogens (tertiary/aromatic N) is 1. The number of carbonyl (C=O) groups is 4. The first-order valence-corrected chi connectivity index (χ1v) is 22.5. The van der Waals surface area contributed by atoms with E-state index in [1.165, 1.54) is 41.0 Å². The molecule has 0 aromatic heterocycles. The quantitative estimate of drug-likeness (QED) is 0.0440. The number of hydrogen-bond donors (Lipinski definition) is 7. The molecule has 13 heteroatoms. The Balaban J connectivity index is 1.07. The van der Waals surface area contributed by atoms with E-state index in [2.05, 4.69) is 78.1 Å². The van der Waals surface area contributed by atoms with Crippen LogP contribution < -0.4 is 27.0 Å². The van der Waals surface area contributed by atoms with Crippen LogP contribution in [0.1, 0.15) is 60.9 Å². The molecule has 0 unspecified atom stereocenters. The molecular weight excluding hydrogens is 782 g/mol. The number of aromatic hydroxyl groups is 1. The fourth-order valence-corrected chi connectivity index (χ4v) is 15.0. The number of hydrogen-bond acceptors (Lipinski definition) is 10. The third-order valence-corrected chi connectivity index (χ3v) is 18.0. The van der Waals surface area contributed by atoms with Gasteiger partial charge < -0.3 is 26.2 Å². The number of primary amides is 1. The molecule has 0 bridgehead atoms. The van der Waals surface area contributed by atoms with Crippen molar-refractivity contribution >= 4 is 52.2 Å². The molecule has 0 saturated heterocycles. The third kappa shape index (κ3) is 6.91. The van der Waals surface area contributed by atoms with Gasteiger partial charge in [-0.3, -0.25) is 19.3 Å². The van der Waals surface area contributed by atoms with Crippen molar-refractivity contribution in [2.75, 3.05) is 25.6 Å². The van der Waals surface area contributed by atoms with Crippen molar-refractivity contribution in [3.63, 3.8) is 0 Å². The van der Waals surface area contributed by atoms with Gasteiger partial charge >= 0.3 is 214 Å². The summed E-state index contributed by atoms with van der Waals surface area (Å²) in [5.74, 6) is -10.2. The molecule has 4 aromatic rings. The number of phenolic OH excluding ortho intramolecular Hbond substituents is 1. The Labute approximate surface area is 349 Å². The van der Waals surface area contributed by atoms with Gasteiger partial charge in [0.05, 0.1) is 18.1 Å². The smallest absolute Gasteiger partial charge is 0.510 e. The van der Waals surface area contributed by atoms with Crippen LogP contribution in [0.2, 0.25) is 0 Å². The van der Waals surface area contributed by atoms with E-state index in [-0.39, 0.29) is 23.6 Å². The van der Waals surface area contributed by atoms with E-state index in [0.717, 1.165) is 25.4 Å². The fraction of sp³-hybridized carbons (Fsp3) is 0.319. The molecule has 60 heavy (non-hydrogen) atoms. The number of aliphatic hydroxyl groups excluding tert-OH is 3. The molecule has 0 heterocycles. The molecule has 7 rings (SSSR count). The molecule has 3 aliphatic carbocycles. The minimum Gasteiger partial charge on any atom is -0.510 e. The second-order valence-electron chi connectivity index (χ2n) is 16.4. The Hall–Kier alpha value is -5.65. The molecule has 2 amide bonds. The Morgan fingerprint density at radius 1 is 0.800 bits per heavy atom. The second kappa shape index (κ2) is 16.8. The Morgan fingerprint density at radius 2 is 1.33 bits per heavy atom. The normalized spacial score (nSPS) is 24.1. The minimum absolute atomic E-state index is 0.0413. The molecule has 0 radical (unpaired) electrons. The monoisotopic (exact) mass is 833 g/mol. The van der Waals surface area contributed by atoms with Crippen LogP contribution in [0, 0.1) is 11.8 Å². The third-order valence-electron chi connectivity index (χ3n) is 12.9. The standard InChI is InChI=1S/C47H52N3O9P/c1-27-31-24-25-32(40(52)35(31)41(53)36-34(27)42(54)38-39(50(2)3)43(55)37(46(48)58)45(57)47(38,59)44(36)56)49-33(51)23-15-4-5-16-26-60(28-17-9-6-10-18-28,29-19-11-7-12-20-29)30-21-13-8-14-22-30/h6-14,17-22,24-25,27,34,38-39,42,52,54-56,59-60H,4-5,15-16,23,26H2,1-3H3,(H2,48,58)(H,49,51)/t27-,34+,38+,39-,42-,47-/m0/s1. The summed E-state index contributed by atoms with van der Waals surface area (Å²) in [6.45, 7) is 1.65. The van der Waals surface area contributed by atoms with Crippen LogP contribution in [-0.2, 0) is 14.4 Å². The first kappa shape index (κ1) is 42.5. The van der Waals surface area contributed by atoms with Crippen molar-refractivity contribution in [3.8, 4) is 5.75 Å². The number of phenols is 1. The molecule has 6 atom stereocenters. The van der Waals surface area contributed by atoms with E-state index in [0.29, 0.717) is 12.0 Å². The number of aliphatic hydroxyl groups is 4. The van der Waals surface area contributed by atoms with E-state index < -0.39 is 88.7 Å². The Bertz CT molecular complexity index is 2290. The van der Waals surface area contributed by atoms with Gasteiger partial charge in [0.15, 0.2) is 5.60 Å². The van der Waals surface area contributed by atoms with E-state index in [9.17, 15) is 44.7 Å². The van der Waals surface area contributed by atoms with Crippen LogP contribution in [-0.4, -0.2) is 91.8 Å². The molecular formula is C47H52N3O9P. The van der Waals surface area contributed by atoms with Crippen LogP contribution in [0.4, 0.5) is 5.69 Å². The number of ketones is 2. The summed E-state index contributed by atoms with van der Waals surface area (Å²) in [6.07, 6.45) is 2.69. The van der Waals surface area contributed by atoms with Gasteiger partial charge in [0.2, 0.25) is 5.78 Å². The van der Waals surface area contributed by atoms with Gasteiger partial charge in [-0.15, -0.1) is 0 Å². The summed E-state index contributed by atoms with van der Waals surface area (Å²) in [5, 5.41) is 64.7. The number of benzene rings is 4. The molecule has 0 fully saturated rings. The summed E-state index contributed by atoms with van der Waals surface area (Å²) in [6, 6.07) is 33.8. The predicted octanol–water partition coefficient (Wildman–Crippen LogP) is 4.27. The molecule has 0 saturated carbocycles. The average molecular weight is 834 g/mol. The van der Waals surface area contributed by atoms with Crippen LogP contribution in [0.3, 0.4) is 0 Å². The minimum atomic E-state index is -3.01.